The molecule has 0 unspecified atom stereocenters. The summed E-state index contributed by atoms with van der Waals surface area (Å²) in [7, 11) is 0. The molecule has 1 aliphatic rings. The van der Waals surface area contributed by atoms with Crippen molar-refractivity contribution in [1.82, 2.24) is 14.3 Å². The topological polar surface area (TPSA) is 87.4 Å². The molecule has 8 nitrogen and oxygen atoms in total. The number of amides is 1. The zero-order valence-electron chi connectivity index (χ0n) is 16.8. The van der Waals surface area contributed by atoms with Gasteiger partial charge in [0.2, 0.25) is 6.79 Å². The van der Waals surface area contributed by atoms with Gasteiger partial charge in [-0.1, -0.05) is 0 Å². The van der Waals surface area contributed by atoms with Gasteiger partial charge >= 0.3 is 0 Å². The van der Waals surface area contributed by atoms with Crippen molar-refractivity contribution in [2.75, 3.05) is 12.1 Å². The lowest BCUT2D eigenvalue weighted by Gasteiger charge is -2.12. The largest absolute Gasteiger partial charge is 0.454 e. The van der Waals surface area contributed by atoms with E-state index < -0.39 is 11.5 Å². The third-order valence-electron chi connectivity index (χ3n) is 5.08. The first kappa shape index (κ1) is 18.8. The Hall–Kier alpha value is -3.55. The molecule has 0 atom stereocenters. The number of nitrogens with one attached hydrogen (secondary N) is 1. The van der Waals surface area contributed by atoms with Gasteiger partial charge in [-0.05, 0) is 51.5 Å². The van der Waals surface area contributed by atoms with Gasteiger partial charge in [0.15, 0.2) is 11.5 Å². The number of hydrogen-bond donors (Lipinski definition) is 1. The fourth-order valence-corrected chi connectivity index (χ4v) is 3.50. The number of hydrogen-bond acceptors (Lipinski definition) is 5. The molecule has 2 aromatic heterocycles. The van der Waals surface area contributed by atoms with Crippen molar-refractivity contribution in [2.24, 2.45) is 0 Å². The summed E-state index contributed by atoms with van der Waals surface area (Å²) in [5, 5.41) is 7.28. The summed E-state index contributed by atoms with van der Waals surface area (Å²) in [4.78, 5) is 26.2. The quantitative estimate of drug-likeness (QED) is 0.735. The lowest BCUT2D eigenvalue weighted by molar-refractivity contribution is 0.102. The van der Waals surface area contributed by atoms with Gasteiger partial charge in [0.1, 0.15) is 5.56 Å². The normalized spacial score (nSPS) is 12.3. The van der Waals surface area contributed by atoms with Crippen LogP contribution < -0.4 is 20.3 Å². The summed E-state index contributed by atoms with van der Waals surface area (Å²) < 4.78 is 14.0. The first-order valence-electron chi connectivity index (χ1n) is 9.38. The third-order valence-corrected chi connectivity index (χ3v) is 5.08. The number of rotatable bonds is 4. The highest BCUT2D eigenvalue weighted by atomic mass is 16.7. The van der Waals surface area contributed by atoms with Crippen molar-refractivity contribution in [2.45, 2.75) is 34.2 Å². The fourth-order valence-electron chi connectivity index (χ4n) is 3.50. The molecule has 8 heteroatoms. The van der Waals surface area contributed by atoms with Crippen molar-refractivity contribution >= 4 is 11.6 Å². The Kier molecular flexibility index (Phi) is 4.62. The van der Waals surface area contributed by atoms with Crippen molar-refractivity contribution in [3.63, 3.8) is 0 Å². The average molecular weight is 394 g/mol. The second kappa shape index (κ2) is 7.12. The zero-order valence-corrected chi connectivity index (χ0v) is 16.8. The van der Waals surface area contributed by atoms with Gasteiger partial charge in [0, 0.05) is 18.8 Å². The molecule has 0 saturated carbocycles. The molecule has 1 amide bonds. The number of carbonyl (C=O) groups is 1. The molecule has 29 heavy (non-hydrogen) atoms. The van der Waals surface area contributed by atoms with Gasteiger partial charge in [-0.2, -0.15) is 5.10 Å². The number of fused-ring (bicyclic) bond motifs is 1. The van der Waals surface area contributed by atoms with Crippen LogP contribution in [0.2, 0.25) is 0 Å². The first-order valence-corrected chi connectivity index (χ1v) is 9.38. The zero-order chi connectivity index (χ0) is 20.7. The van der Waals surface area contributed by atoms with Crippen LogP contribution in [0.1, 0.15) is 34.2 Å². The average Bonchev–Trinajstić information content (AvgIpc) is 3.27. The Morgan fingerprint density at radius 2 is 1.93 bits per heavy atom. The summed E-state index contributed by atoms with van der Waals surface area (Å²) in [6.07, 6.45) is 1.65. The van der Waals surface area contributed by atoms with Crippen LogP contribution >= 0.6 is 0 Å². The minimum atomic E-state index is -0.454. The molecule has 0 saturated heterocycles. The summed E-state index contributed by atoms with van der Waals surface area (Å²) in [6.45, 7) is 8.30. The van der Waals surface area contributed by atoms with Crippen LogP contribution in [-0.4, -0.2) is 27.0 Å². The standard InChI is InChI=1S/C21H22N4O4/c1-5-25-14(4)19(13(3)23-25)22-20(26)18-12(2)8-9-24(21(18)27)15-6-7-16-17(10-15)29-11-28-16/h6-10H,5,11H2,1-4H3,(H,22,26). The van der Waals surface area contributed by atoms with Crippen LogP contribution in [0.25, 0.3) is 5.69 Å². The van der Waals surface area contributed by atoms with Crippen LogP contribution in [0.15, 0.2) is 35.3 Å². The van der Waals surface area contributed by atoms with Gasteiger partial charge < -0.3 is 14.8 Å². The van der Waals surface area contributed by atoms with Gasteiger partial charge in [-0.15, -0.1) is 0 Å². The van der Waals surface area contributed by atoms with E-state index in [0.29, 0.717) is 40.7 Å². The molecule has 0 radical (unpaired) electrons. The molecular weight excluding hydrogens is 372 g/mol. The summed E-state index contributed by atoms with van der Waals surface area (Å²) in [5.74, 6) is 0.745. The number of nitrogens with zero attached hydrogens (tertiary/aromatic N) is 3. The van der Waals surface area contributed by atoms with E-state index in [1.54, 1.807) is 37.4 Å². The van der Waals surface area contributed by atoms with Crippen molar-refractivity contribution in [3.05, 3.63) is 63.3 Å². The van der Waals surface area contributed by atoms with Gasteiger partial charge in [-0.25, -0.2) is 0 Å². The SMILES string of the molecule is CCn1nc(C)c(NC(=O)c2c(C)ccn(-c3ccc4c(c3)OCO4)c2=O)c1C. The molecule has 0 aliphatic carbocycles. The minimum Gasteiger partial charge on any atom is -0.454 e. The van der Waals surface area contributed by atoms with Gasteiger partial charge in [0.25, 0.3) is 11.5 Å². The number of aromatic nitrogens is 3. The molecule has 1 N–H and O–H groups in total. The van der Waals surface area contributed by atoms with Crippen LogP contribution in [0.4, 0.5) is 5.69 Å². The Morgan fingerprint density at radius 1 is 1.17 bits per heavy atom. The van der Waals surface area contributed by atoms with E-state index in [2.05, 4.69) is 10.4 Å². The van der Waals surface area contributed by atoms with Crippen LogP contribution in [0.3, 0.4) is 0 Å². The summed E-state index contributed by atoms with van der Waals surface area (Å²) in [6, 6.07) is 6.97. The number of aryl methyl sites for hydroxylation is 3. The van der Waals surface area contributed by atoms with E-state index in [1.165, 1.54) is 4.57 Å². The highest BCUT2D eigenvalue weighted by Gasteiger charge is 2.21. The maximum absolute atomic E-state index is 13.2. The molecule has 0 spiro atoms. The second-order valence-corrected chi connectivity index (χ2v) is 6.90. The predicted molar refractivity (Wildman–Crippen MR) is 108 cm³/mol. The molecule has 150 valence electrons. The first-order chi connectivity index (χ1) is 13.9. The molecule has 3 heterocycles. The molecule has 1 aliphatic heterocycles. The molecule has 0 bridgehead atoms. The predicted octanol–water partition coefficient (Wildman–Crippen LogP) is 2.96. The maximum Gasteiger partial charge on any atom is 0.268 e. The molecule has 1 aromatic carbocycles. The second-order valence-electron chi connectivity index (χ2n) is 6.90. The Bertz CT molecular complexity index is 1180. The molecular formula is C21H22N4O4. The van der Waals surface area contributed by atoms with Crippen LogP contribution in [-0.2, 0) is 6.54 Å². The number of anilines is 1. The van der Waals surface area contributed by atoms with Crippen LogP contribution in [0, 0.1) is 20.8 Å². The van der Waals surface area contributed by atoms with Crippen molar-refractivity contribution < 1.29 is 14.3 Å². The Balaban J connectivity index is 1.73. The third kappa shape index (κ3) is 3.16. The van der Waals surface area contributed by atoms with E-state index in [-0.39, 0.29) is 12.4 Å². The number of ether oxygens (including phenoxy) is 2. The van der Waals surface area contributed by atoms with Gasteiger partial charge in [0.05, 0.1) is 22.8 Å². The Labute approximate surface area is 167 Å². The van der Waals surface area contributed by atoms with Crippen LogP contribution in [0.5, 0.6) is 11.5 Å². The molecule has 0 fully saturated rings. The molecule has 4 rings (SSSR count). The van der Waals surface area contributed by atoms with Gasteiger partial charge in [-0.3, -0.25) is 18.8 Å². The smallest absolute Gasteiger partial charge is 0.268 e. The van der Waals surface area contributed by atoms with E-state index >= 15 is 0 Å². The number of benzene rings is 1. The lowest BCUT2D eigenvalue weighted by Crippen LogP contribution is -2.29. The van der Waals surface area contributed by atoms with Crippen molar-refractivity contribution in [1.29, 1.82) is 0 Å². The lowest BCUT2D eigenvalue weighted by atomic mass is 10.1. The molecule has 3 aromatic rings. The fraction of sp³-hybridized carbons (Fsp3) is 0.286. The van der Waals surface area contributed by atoms with E-state index in [1.807, 2.05) is 25.5 Å². The maximum atomic E-state index is 13.2. The Morgan fingerprint density at radius 3 is 2.66 bits per heavy atom. The van der Waals surface area contributed by atoms with E-state index in [4.69, 9.17) is 9.47 Å². The van der Waals surface area contributed by atoms with E-state index in [0.717, 1.165) is 5.69 Å². The summed E-state index contributed by atoms with van der Waals surface area (Å²) >= 11 is 0. The highest BCUT2D eigenvalue weighted by Crippen LogP contribution is 2.33. The minimum absolute atomic E-state index is 0.0909. The number of pyridine rings is 1. The van der Waals surface area contributed by atoms with E-state index in [9.17, 15) is 9.59 Å². The highest BCUT2D eigenvalue weighted by molar-refractivity contribution is 6.05. The van der Waals surface area contributed by atoms with Crippen molar-refractivity contribution in [3.8, 4) is 17.2 Å². The monoisotopic (exact) mass is 394 g/mol. The number of carbonyl (C=O) groups excluding carboxylic acids is 1. The summed E-state index contributed by atoms with van der Waals surface area (Å²) in [5.41, 5.74) is 3.08.